The summed E-state index contributed by atoms with van der Waals surface area (Å²) in [6.45, 7) is 1.29. The molecule has 0 aromatic heterocycles. The first-order valence-corrected chi connectivity index (χ1v) is 6.95. The SMILES string of the molecule is Fc1cccc(COC2COC(c3ccccc3)OC2)c1. The van der Waals surface area contributed by atoms with Gasteiger partial charge in [-0.05, 0) is 17.7 Å². The van der Waals surface area contributed by atoms with Gasteiger partial charge in [-0.2, -0.15) is 0 Å². The number of hydrogen-bond donors (Lipinski definition) is 0. The highest BCUT2D eigenvalue weighted by Gasteiger charge is 2.23. The molecule has 0 amide bonds. The lowest BCUT2D eigenvalue weighted by molar-refractivity contribution is -0.232. The summed E-state index contributed by atoms with van der Waals surface area (Å²) >= 11 is 0. The zero-order chi connectivity index (χ0) is 14.5. The zero-order valence-electron chi connectivity index (χ0n) is 11.6. The summed E-state index contributed by atoms with van der Waals surface area (Å²) < 4.78 is 30.1. The second-order valence-electron chi connectivity index (χ2n) is 4.97. The molecule has 1 fully saturated rings. The van der Waals surface area contributed by atoms with Gasteiger partial charge in [0.1, 0.15) is 11.9 Å². The van der Waals surface area contributed by atoms with Crippen molar-refractivity contribution in [3.63, 3.8) is 0 Å². The van der Waals surface area contributed by atoms with Gasteiger partial charge in [-0.25, -0.2) is 4.39 Å². The quantitative estimate of drug-likeness (QED) is 0.862. The Bertz CT molecular complexity index is 565. The first-order valence-electron chi connectivity index (χ1n) is 6.95. The second-order valence-corrected chi connectivity index (χ2v) is 4.97. The number of benzene rings is 2. The fourth-order valence-electron chi connectivity index (χ4n) is 2.23. The van der Waals surface area contributed by atoms with Crippen molar-refractivity contribution >= 4 is 0 Å². The third-order valence-electron chi connectivity index (χ3n) is 3.31. The molecule has 1 aliphatic heterocycles. The molecular weight excluding hydrogens is 271 g/mol. The Morgan fingerprint density at radius 2 is 1.76 bits per heavy atom. The Hall–Kier alpha value is -1.75. The van der Waals surface area contributed by atoms with E-state index in [1.54, 1.807) is 6.07 Å². The molecule has 21 heavy (non-hydrogen) atoms. The Balaban J connectivity index is 1.48. The molecule has 110 valence electrons. The molecule has 0 saturated carbocycles. The minimum atomic E-state index is -0.333. The first-order chi connectivity index (χ1) is 10.3. The maximum absolute atomic E-state index is 13.1. The number of rotatable bonds is 4. The molecule has 4 heteroatoms. The van der Waals surface area contributed by atoms with Crippen LogP contribution in [0.25, 0.3) is 0 Å². The van der Waals surface area contributed by atoms with Crippen molar-refractivity contribution in [2.24, 2.45) is 0 Å². The van der Waals surface area contributed by atoms with Gasteiger partial charge >= 0.3 is 0 Å². The van der Waals surface area contributed by atoms with Crippen LogP contribution in [-0.4, -0.2) is 19.3 Å². The summed E-state index contributed by atoms with van der Waals surface area (Å²) in [5.74, 6) is -0.253. The standard InChI is InChI=1S/C17H17FO3/c18-15-8-4-5-13(9-15)10-19-16-11-20-17(21-12-16)14-6-2-1-3-7-14/h1-9,16-17H,10-12H2. The smallest absolute Gasteiger partial charge is 0.184 e. The van der Waals surface area contributed by atoms with E-state index in [0.29, 0.717) is 19.8 Å². The van der Waals surface area contributed by atoms with Crippen LogP contribution >= 0.6 is 0 Å². The van der Waals surface area contributed by atoms with E-state index < -0.39 is 0 Å². The molecule has 3 rings (SSSR count). The molecule has 0 bridgehead atoms. The molecule has 0 atom stereocenters. The van der Waals surface area contributed by atoms with Crippen molar-refractivity contribution in [1.29, 1.82) is 0 Å². The molecular formula is C17H17FO3. The molecule has 1 heterocycles. The molecule has 1 aliphatic rings. The normalized spacial score (nSPS) is 22.1. The van der Waals surface area contributed by atoms with Gasteiger partial charge in [0.15, 0.2) is 6.29 Å². The predicted octanol–water partition coefficient (Wildman–Crippen LogP) is 3.46. The zero-order valence-corrected chi connectivity index (χ0v) is 11.6. The predicted molar refractivity (Wildman–Crippen MR) is 76.1 cm³/mol. The number of halogens is 1. The van der Waals surface area contributed by atoms with Gasteiger partial charge in [0, 0.05) is 5.56 Å². The largest absolute Gasteiger partial charge is 0.369 e. The monoisotopic (exact) mass is 288 g/mol. The van der Waals surface area contributed by atoms with Crippen LogP contribution in [0.15, 0.2) is 54.6 Å². The topological polar surface area (TPSA) is 27.7 Å². The van der Waals surface area contributed by atoms with Crippen LogP contribution < -0.4 is 0 Å². The fraction of sp³-hybridized carbons (Fsp3) is 0.294. The highest BCUT2D eigenvalue weighted by molar-refractivity contribution is 5.16. The van der Waals surface area contributed by atoms with E-state index in [1.165, 1.54) is 12.1 Å². The van der Waals surface area contributed by atoms with Crippen molar-refractivity contribution in [2.45, 2.75) is 19.0 Å². The third kappa shape index (κ3) is 3.88. The lowest BCUT2D eigenvalue weighted by Gasteiger charge is -2.29. The first kappa shape index (κ1) is 14.2. The average molecular weight is 288 g/mol. The Labute approximate surface area is 123 Å². The highest BCUT2D eigenvalue weighted by Crippen LogP contribution is 2.23. The minimum absolute atomic E-state index is 0.131. The van der Waals surface area contributed by atoms with Crippen molar-refractivity contribution in [1.82, 2.24) is 0 Å². The van der Waals surface area contributed by atoms with E-state index in [1.807, 2.05) is 36.4 Å². The van der Waals surface area contributed by atoms with E-state index in [9.17, 15) is 4.39 Å². The van der Waals surface area contributed by atoms with E-state index in [-0.39, 0.29) is 18.2 Å². The van der Waals surface area contributed by atoms with Gasteiger partial charge < -0.3 is 14.2 Å². The van der Waals surface area contributed by atoms with E-state index in [2.05, 4.69) is 0 Å². The van der Waals surface area contributed by atoms with E-state index in [4.69, 9.17) is 14.2 Å². The summed E-state index contributed by atoms with van der Waals surface area (Å²) in [7, 11) is 0. The molecule has 0 radical (unpaired) electrons. The lowest BCUT2D eigenvalue weighted by atomic mass is 10.2. The van der Waals surface area contributed by atoms with Crippen LogP contribution in [0.5, 0.6) is 0 Å². The van der Waals surface area contributed by atoms with Crippen molar-refractivity contribution < 1.29 is 18.6 Å². The van der Waals surface area contributed by atoms with Crippen molar-refractivity contribution in [2.75, 3.05) is 13.2 Å². The van der Waals surface area contributed by atoms with Crippen molar-refractivity contribution in [3.8, 4) is 0 Å². The molecule has 2 aromatic carbocycles. The summed E-state index contributed by atoms with van der Waals surface area (Å²) in [6, 6.07) is 16.2. The molecule has 2 aromatic rings. The summed E-state index contributed by atoms with van der Waals surface area (Å²) in [6.07, 6.45) is -0.464. The summed E-state index contributed by atoms with van der Waals surface area (Å²) in [5, 5.41) is 0. The van der Waals surface area contributed by atoms with Crippen LogP contribution in [-0.2, 0) is 20.8 Å². The Morgan fingerprint density at radius 3 is 2.48 bits per heavy atom. The molecule has 0 spiro atoms. The Morgan fingerprint density at radius 1 is 1.00 bits per heavy atom. The second kappa shape index (κ2) is 6.80. The molecule has 3 nitrogen and oxygen atoms in total. The molecule has 0 aliphatic carbocycles. The van der Waals surface area contributed by atoms with Gasteiger partial charge in [0.2, 0.25) is 0 Å². The molecule has 1 saturated heterocycles. The van der Waals surface area contributed by atoms with Crippen LogP contribution in [0.2, 0.25) is 0 Å². The average Bonchev–Trinajstić information content (AvgIpc) is 2.54. The summed E-state index contributed by atoms with van der Waals surface area (Å²) in [4.78, 5) is 0. The Kier molecular flexibility index (Phi) is 4.60. The lowest BCUT2D eigenvalue weighted by Crippen LogP contribution is -2.33. The minimum Gasteiger partial charge on any atom is -0.369 e. The summed E-state index contributed by atoms with van der Waals surface area (Å²) in [5.41, 5.74) is 1.81. The molecule has 0 N–H and O–H groups in total. The van der Waals surface area contributed by atoms with Gasteiger partial charge in [-0.3, -0.25) is 0 Å². The maximum Gasteiger partial charge on any atom is 0.184 e. The van der Waals surface area contributed by atoms with Crippen LogP contribution in [0, 0.1) is 5.82 Å². The third-order valence-corrected chi connectivity index (χ3v) is 3.31. The number of ether oxygens (including phenoxy) is 3. The fourth-order valence-corrected chi connectivity index (χ4v) is 2.23. The van der Waals surface area contributed by atoms with E-state index >= 15 is 0 Å². The van der Waals surface area contributed by atoms with Gasteiger partial charge in [0.05, 0.1) is 19.8 Å². The maximum atomic E-state index is 13.1. The van der Waals surface area contributed by atoms with E-state index in [0.717, 1.165) is 11.1 Å². The van der Waals surface area contributed by atoms with Crippen LogP contribution in [0.4, 0.5) is 4.39 Å². The highest BCUT2D eigenvalue weighted by atomic mass is 19.1. The van der Waals surface area contributed by atoms with Crippen molar-refractivity contribution in [3.05, 3.63) is 71.5 Å². The van der Waals surface area contributed by atoms with Gasteiger partial charge in [-0.15, -0.1) is 0 Å². The van der Waals surface area contributed by atoms with Gasteiger partial charge in [-0.1, -0.05) is 42.5 Å². The van der Waals surface area contributed by atoms with Crippen LogP contribution in [0.1, 0.15) is 17.4 Å². The van der Waals surface area contributed by atoms with Crippen LogP contribution in [0.3, 0.4) is 0 Å². The number of hydrogen-bond acceptors (Lipinski definition) is 3. The van der Waals surface area contributed by atoms with Gasteiger partial charge in [0.25, 0.3) is 0 Å². The molecule has 0 unspecified atom stereocenters.